The van der Waals surface area contributed by atoms with Crippen LogP contribution >= 0.6 is 0 Å². The van der Waals surface area contributed by atoms with Crippen LogP contribution in [-0.2, 0) is 6.18 Å². The van der Waals surface area contributed by atoms with E-state index >= 15 is 0 Å². The van der Waals surface area contributed by atoms with Crippen molar-refractivity contribution in [1.29, 1.82) is 0 Å². The lowest BCUT2D eigenvalue weighted by Crippen LogP contribution is -2.28. The molecule has 1 aromatic heterocycles. The van der Waals surface area contributed by atoms with Crippen LogP contribution in [0.15, 0.2) is 60.9 Å². The van der Waals surface area contributed by atoms with Crippen LogP contribution in [0.4, 0.5) is 17.6 Å². The molecule has 1 atom stereocenters. The maximum atomic E-state index is 14.3. The zero-order valence-corrected chi connectivity index (χ0v) is 16.3. The monoisotopic (exact) mass is 434 g/mol. The number of carbonyl (C=O) groups is 1. The van der Waals surface area contributed by atoms with Gasteiger partial charge in [-0.1, -0.05) is 25.1 Å². The molecule has 2 aromatic carbocycles. The number of hydrogen-bond donors (Lipinski definition) is 2. The molecule has 9 heteroatoms. The molecule has 0 aliphatic carbocycles. The summed E-state index contributed by atoms with van der Waals surface area (Å²) in [6.45, 7) is 1.03. The fourth-order valence-corrected chi connectivity index (χ4v) is 2.96. The summed E-state index contributed by atoms with van der Waals surface area (Å²) in [6, 6.07) is 9.84. The molecule has 0 saturated heterocycles. The van der Waals surface area contributed by atoms with E-state index in [0.29, 0.717) is 0 Å². The number of halogens is 4. The standard InChI is InChI=1S/C22H18F4N2O3/c1-13(12-29)16-9-18(22(24,25)26)17(15-6-2-3-7-19(15)23)10-20(16)31-28-21(30)14-5-4-8-27-11-14/h2-11,13,29H,12H2,1H3,(H,28,30)/t13-/m0/s1. The summed E-state index contributed by atoms with van der Waals surface area (Å²) >= 11 is 0. The van der Waals surface area contributed by atoms with E-state index in [4.69, 9.17) is 4.84 Å². The third-order valence-electron chi connectivity index (χ3n) is 4.60. The number of nitrogens with one attached hydrogen (secondary N) is 1. The second-order valence-electron chi connectivity index (χ2n) is 6.77. The van der Waals surface area contributed by atoms with Crippen LogP contribution in [0.25, 0.3) is 11.1 Å². The van der Waals surface area contributed by atoms with Crippen molar-refractivity contribution in [2.75, 3.05) is 6.61 Å². The van der Waals surface area contributed by atoms with E-state index in [0.717, 1.165) is 18.2 Å². The van der Waals surface area contributed by atoms with Gasteiger partial charge in [-0.15, -0.1) is 0 Å². The molecule has 162 valence electrons. The topological polar surface area (TPSA) is 71.5 Å². The predicted octanol–water partition coefficient (Wildman–Crippen LogP) is 4.73. The molecule has 0 fully saturated rings. The van der Waals surface area contributed by atoms with Gasteiger partial charge in [0.05, 0.1) is 11.1 Å². The predicted molar refractivity (Wildman–Crippen MR) is 105 cm³/mol. The number of aliphatic hydroxyl groups excluding tert-OH is 1. The fourth-order valence-electron chi connectivity index (χ4n) is 2.96. The molecule has 1 heterocycles. The number of pyridine rings is 1. The van der Waals surface area contributed by atoms with Gasteiger partial charge in [-0.25, -0.2) is 4.39 Å². The number of aliphatic hydroxyl groups is 1. The maximum absolute atomic E-state index is 14.3. The molecule has 31 heavy (non-hydrogen) atoms. The molecule has 1 amide bonds. The number of rotatable bonds is 6. The number of hydrogen-bond acceptors (Lipinski definition) is 4. The van der Waals surface area contributed by atoms with Gasteiger partial charge in [0.25, 0.3) is 5.91 Å². The Labute approximate surface area is 175 Å². The van der Waals surface area contributed by atoms with Gasteiger partial charge in [0, 0.05) is 41.6 Å². The zero-order chi connectivity index (χ0) is 22.6. The van der Waals surface area contributed by atoms with Crippen LogP contribution < -0.4 is 10.3 Å². The number of carbonyl (C=O) groups excluding carboxylic acids is 1. The van der Waals surface area contributed by atoms with Crippen molar-refractivity contribution >= 4 is 5.91 Å². The van der Waals surface area contributed by atoms with Crippen molar-refractivity contribution in [3.63, 3.8) is 0 Å². The average Bonchev–Trinajstić information content (AvgIpc) is 2.76. The summed E-state index contributed by atoms with van der Waals surface area (Å²) in [5, 5.41) is 9.50. The van der Waals surface area contributed by atoms with Gasteiger partial charge in [0.15, 0.2) is 5.75 Å². The van der Waals surface area contributed by atoms with Crippen molar-refractivity contribution in [2.24, 2.45) is 0 Å². The number of aromatic nitrogens is 1. The largest absolute Gasteiger partial charge is 0.417 e. The molecule has 3 rings (SSSR count). The highest BCUT2D eigenvalue weighted by Crippen LogP contribution is 2.43. The Balaban J connectivity index is 2.09. The van der Waals surface area contributed by atoms with E-state index < -0.39 is 41.6 Å². The van der Waals surface area contributed by atoms with E-state index in [-0.39, 0.29) is 22.4 Å². The fraction of sp³-hybridized carbons (Fsp3) is 0.182. The van der Waals surface area contributed by atoms with Crippen LogP contribution in [0.2, 0.25) is 0 Å². The molecular formula is C22H18F4N2O3. The van der Waals surface area contributed by atoms with Crippen LogP contribution in [-0.4, -0.2) is 22.6 Å². The smallest absolute Gasteiger partial charge is 0.396 e. The van der Waals surface area contributed by atoms with Crippen molar-refractivity contribution < 1.29 is 32.3 Å². The van der Waals surface area contributed by atoms with Gasteiger partial charge in [-0.05, 0) is 30.3 Å². The highest BCUT2D eigenvalue weighted by molar-refractivity contribution is 5.93. The molecule has 5 nitrogen and oxygen atoms in total. The number of amides is 1. The van der Waals surface area contributed by atoms with Gasteiger partial charge in [0.2, 0.25) is 0 Å². The molecule has 0 radical (unpaired) electrons. The van der Waals surface area contributed by atoms with Crippen LogP contribution in [0.3, 0.4) is 0 Å². The first kappa shape index (κ1) is 22.2. The second kappa shape index (κ2) is 9.13. The van der Waals surface area contributed by atoms with E-state index in [1.165, 1.54) is 49.6 Å². The summed E-state index contributed by atoms with van der Waals surface area (Å²) in [5.41, 5.74) is 0.505. The zero-order valence-electron chi connectivity index (χ0n) is 16.3. The lowest BCUT2D eigenvalue weighted by molar-refractivity contribution is -0.137. The molecule has 0 bridgehead atoms. The Morgan fingerprint density at radius 2 is 1.90 bits per heavy atom. The quantitative estimate of drug-likeness (QED) is 0.435. The molecule has 0 aliphatic rings. The Morgan fingerprint density at radius 3 is 2.52 bits per heavy atom. The first-order valence-electron chi connectivity index (χ1n) is 9.20. The summed E-state index contributed by atoms with van der Waals surface area (Å²) in [4.78, 5) is 21.4. The third kappa shape index (κ3) is 5.00. The summed E-state index contributed by atoms with van der Waals surface area (Å²) in [7, 11) is 0. The van der Waals surface area contributed by atoms with E-state index in [2.05, 4.69) is 10.5 Å². The van der Waals surface area contributed by atoms with E-state index in [1.54, 1.807) is 0 Å². The van der Waals surface area contributed by atoms with Gasteiger partial charge >= 0.3 is 6.18 Å². The Bertz CT molecular complexity index is 1070. The Morgan fingerprint density at radius 1 is 1.16 bits per heavy atom. The summed E-state index contributed by atoms with van der Waals surface area (Å²) < 4.78 is 55.6. The molecule has 2 N–H and O–H groups in total. The number of nitrogens with zero attached hydrogens (tertiary/aromatic N) is 1. The van der Waals surface area contributed by atoms with Crippen LogP contribution in [0.1, 0.15) is 34.3 Å². The molecule has 0 spiro atoms. The van der Waals surface area contributed by atoms with Gasteiger partial charge in [0.1, 0.15) is 5.82 Å². The minimum absolute atomic E-state index is 0.00130. The van der Waals surface area contributed by atoms with E-state index in [1.807, 2.05) is 0 Å². The van der Waals surface area contributed by atoms with Gasteiger partial charge in [-0.2, -0.15) is 18.7 Å². The highest BCUT2D eigenvalue weighted by Gasteiger charge is 2.36. The highest BCUT2D eigenvalue weighted by atomic mass is 19.4. The van der Waals surface area contributed by atoms with Crippen LogP contribution in [0.5, 0.6) is 5.75 Å². The van der Waals surface area contributed by atoms with Crippen molar-refractivity contribution in [3.8, 4) is 16.9 Å². The molecule has 0 aliphatic heterocycles. The number of hydroxylamine groups is 1. The molecule has 0 unspecified atom stereocenters. The van der Waals surface area contributed by atoms with Gasteiger partial charge in [-0.3, -0.25) is 9.78 Å². The minimum Gasteiger partial charge on any atom is -0.396 e. The summed E-state index contributed by atoms with van der Waals surface area (Å²) in [5.74, 6) is -2.42. The van der Waals surface area contributed by atoms with Crippen molar-refractivity contribution in [2.45, 2.75) is 19.0 Å². The Hall–Kier alpha value is -3.46. The van der Waals surface area contributed by atoms with Crippen LogP contribution in [0, 0.1) is 5.82 Å². The first-order chi connectivity index (χ1) is 14.7. The van der Waals surface area contributed by atoms with Crippen molar-refractivity contribution in [1.82, 2.24) is 10.5 Å². The number of alkyl halides is 3. The minimum atomic E-state index is -4.79. The first-order valence-corrected chi connectivity index (χ1v) is 9.20. The SMILES string of the molecule is C[C@@H](CO)c1cc(C(F)(F)F)c(-c2ccccc2F)cc1ONC(=O)c1cccnc1. The summed E-state index contributed by atoms with van der Waals surface area (Å²) in [6.07, 6.45) is -2.04. The second-order valence-corrected chi connectivity index (χ2v) is 6.77. The maximum Gasteiger partial charge on any atom is 0.417 e. The molecule has 0 saturated carbocycles. The van der Waals surface area contributed by atoms with Gasteiger partial charge < -0.3 is 9.94 Å². The third-order valence-corrected chi connectivity index (χ3v) is 4.60. The van der Waals surface area contributed by atoms with Crippen molar-refractivity contribution in [3.05, 3.63) is 83.4 Å². The lowest BCUT2D eigenvalue weighted by atomic mass is 9.91. The molecule has 3 aromatic rings. The normalized spacial score (nSPS) is 12.3. The Kier molecular flexibility index (Phi) is 6.55. The average molecular weight is 434 g/mol. The van der Waals surface area contributed by atoms with E-state index in [9.17, 15) is 27.5 Å². The lowest BCUT2D eigenvalue weighted by Gasteiger charge is -2.21. The molecular weight excluding hydrogens is 416 g/mol. The number of benzene rings is 2.